The minimum Gasteiger partial charge on any atom is -0.224 e. The van der Waals surface area contributed by atoms with Crippen LogP contribution in [0.4, 0.5) is 3.89 Å². The molecule has 0 aliphatic rings. The first-order valence-corrected chi connectivity index (χ1v) is 7.63. The van der Waals surface area contributed by atoms with Crippen LogP contribution in [0.3, 0.4) is 0 Å². The van der Waals surface area contributed by atoms with Gasteiger partial charge in [-0.15, -0.1) is 3.89 Å². The van der Waals surface area contributed by atoms with Gasteiger partial charge in [0.05, 0.1) is 4.90 Å². The van der Waals surface area contributed by atoms with Crippen LogP contribution in [0.1, 0.15) is 0 Å². The molecule has 84 valence electrons. The van der Waals surface area contributed by atoms with Crippen molar-refractivity contribution in [2.24, 2.45) is 0 Å². The minimum atomic E-state index is -4.93. The van der Waals surface area contributed by atoms with Gasteiger partial charge < -0.3 is 0 Å². The molecule has 0 bridgehead atoms. The number of halogens is 2. The Balaban J connectivity index is 3.57. The average molecular weight is 317 g/mol. The van der Waals surface area contributed by atoms with E-state index in [1.54, 1.807) is 0 Å². The lowest BCUT2D eigenvalue weighted by atomic mass is 10.4. The van der Waals surface area contributed by atoms with Gasteiger partial charge in [-0.3, -0.25) is 0 Å². The lowest BCUT2D eigenvalue weighted by molar-refractivity contribution is 0.551. The summed E-state index contributed by atoms with van der Waals surface area (Å²) in [6.45, 7) is 0. The van der Waals surface area contributed by atoms with Crippen molar-refractivity contribution >= 4 is 36.0 Å². The monoisotopic (exact) mass is 316 g/mol. The zero-order chi connectivity index (χ0) is 11.9. The van der Waals surface area contributed by atoms with Crippen molar-refractivity contribution in [3.63, 3.8) is 0 Å². The van der Waals surface area contributed by atoms with Crippen LogP contribution in [-0.2, 0) is 20.1 Å². The molecule has 0 N–H and O–H groups in total. The summed E-state index contributed by atoms with van der Waals surface area (Å²) in [4.78, 5) is -0.938. The lowest BCUT2D eigenvalue weighted by Crippen LogP contribution is -2.00. The fourth-order valence-electron chi connectivity index (χ4n) is 0.901. The van der Waals surface area contributed by atoms with Crippen molar-refractivity contribution in [1.82, 2.24) is 0 Å². The quantitative estimate of drug-likeness (QED) is 0.776. The van der Waals surface area contributed by atoms with Gasteiger partial charge in [-0.2, -0.15) is 8.42 Å². The summed E-state index contributed by atoms with van der Waals surface area (Å²) in [6.07, 6.45) is 0.908. The smallest absolute Gasteiger partial charge is 0.224 e. The van der Waals surface area contributed by atoms with Crippen LogP contribution in [0.15, 0.2) is 32.5 Å². The molecule has 15 heavy (non-hydrogen) atoms. The van der Waals surface area contributed by atoms with Crippen LogP contribution in [0.25, 0.3) is 0 Å². The molecule has 0 aliphatic heterocycles. The first-order valence-electron chi connectivity index (χ1n) is 3.56. The molecular weight excluding hydrogens is 311 g/mol. The van der Waals surface area contributed by atoms with E-state index in [0.29, 0.717) is 0 Å². The summed E-state index contributed by atoms with van der Waals surface area (Å²) in [5.41, 5.74) is 0. The highest BCUT2D eigenvalue weighted by molar-refractivity contribution is 9.10. The normalized spacial score (nSPS) is 12.7. The van der Waals surface area contributed by atoms with Crippen molar-refractivity contribution in [3.8, 4) is 0 Å². The largest absolute Gasteiger partial charge is 0.333 e. The lowest BCUT2D eigenvalue weighted by Gasteiger charge is -2.02. The maximum atomic E-state index is 12.7. The molecule has 4 nitrogen and oxygen atoms in total. The van der Waals surface area contributed by atoms with Gasteiger partial charge in [0.2, 0.25) is 0 Å². The van der Waals surface area contributed by atoms with Crippen LogP contribution in [0.2, 0.25) is 0 Å². The molecule has 1 aromatic rings. The van der Waals surface area contributed by atoms with Gasteiger partial charge in [0.1, 0.15) is 4.90 Å². The first-order chi connectivity index (χ1) is 6.62. The van der Waals surface area contributed by atoms with Gasteiger partial charge >= 0.3 is 10.2 Å². The summed E-state index contributed by atoms with van der Waals surface area (Å²) in [6, 6.07) is 3.13. The third kappa shape index (κ3) is 2.99. The predicted octanol–water partition coefficient (Wildman–Crippen LogP) is 1.51. The van der Waals surface area contributed by atoms with E-state index in [1.165, 1.54) is 12.1 Å². The molecule has 8 heteroatoms. The Morgan fingerprint density at radius 3 is 2.13 bits per heavy atom. The Morgan fingerprint density at radius 1 is 1.20 bits per heavy atom. The van der Waals surface area contributed by atoms with E-state index in [1.807, 2.05) is 0 Å². The predicted molar refractivity (Wildman–Crippen MR) is 55.5 cm³/mol. The molecule has 0 amide bonds. The van der Waals surface area contributed by atoms with Gasteiger partial charge in [-0.25, -0.2) is 8.42 Å². The second kappa shape index (κ2) is 3.84. The van der Waals surface area contributed by atoms with E-state index < -0.39 is 25.0 Å². The molecule has 0 fully saturated rings. The molecule has 0 aliphatic carbocycles. The molecule has 1 aromatic carbocycles. The number of hydrogen-bond donors (Lipinski definition) is 0. The minimum absolute atomic E-state index is 0.0163. The topological polar surface area (TPSA) is 68.3 Å². The molecule has 0 aromatic heterocycles. The summed E-state index contributed by atoms with van der Waals surface area (Å²) in [5, 5.41) is 0. The third-order valence-corrected chi connectivity index (χ3v) is 4.52. The van der Waals surface area contributed by atoms with E-state index >= 15 is 0 Å². The molecule has 0 heterocycles. The fourth-order valence-corrected chi connectivity index (χ4v) is 3.02. The Bertz CT molecular complexity index is 591. The molecule has 0 atom stereocenters. The standard InChI is InChI=1S/C7H6BrFO4S2/c1-14(10,11)5-2-3-6(8)7(4-5)15(9,12)13/h2-4H,1H3. The summed E-state index contributed by atoms with van der Waals surface area (Å²) in [5.74, 6) is 0. The molecule has 0 unspecified atom stereocenters. The van der Waals surface area contributed by atoms with Crippen LogP contribution >= 0.6 is 15.9 Å². The highest BCUT2D eigenvalue weighted by atomic mass is 79.9. The third-order valence-electron chi connectivity index (χ3n) is 1.59. The second-order valence-electron chi connectivity index (χ2n) is 2.80. The van der Waals surface area contributed by atoms with Gasteiger partial charge in [0.25, 0.3) is 0 Å². The van der Waals surface area contributed by atoms with Crippen LogP contribution in [-0.4, -0.2) is 23.1 Å². The van der Waals surface area contributed by atoms with Gasteiger partial charge in [-0.05, 0) is 34.1 Å². The van der Waals surface area contributed by atoms with Gasteiger partial charge in [0, 0.05) is 10.7 Å². The van der Waals surface area contributed by atoms with Crippen LogP contribution < -0.4 is 0 Å². The first kappa shape index (κ1) is 12.6. The number of rotatable bonds is 2. The summed E-state index contributed by atoms with van der Waals surface area (Å²) >= 11 is 2.82. The highest BCUT2D eigenvalue weighted by Gasteiger charge is 2.19. The number of benzene rings is 1. The maximum absolute atomic E-state index is 12.7. The van der Waals surface area contributed by atoms with E-state index in [9.17, 15) is 20.7 Å². The van der Waals surface area contributed by atoms with E-state index in [0.717, 1.165) is 12.3 Å². The Labute approximate surface area is 95.4 Å². The van der Waals surface area contributed by atoms with Gasteiger partial charge in [-0.1, -0.05) is 0 Å². The highest BCUT2D eigenvalue weighted by Crippen LogP contribution is 2.26. The van der Waals surface area contributed by atoms with Crippen molar-refractivity contribution in [2.45, 2.75) is 9.79 Å². The molecule has 1 rings (SSSR count). The summed E-state index contributed by atoms with van der Waals surface area (Å²) in [7, 11) is -8.48. The Morgan fingerprint density at radius 2 is 1.73 bits per heavy atom. The molecule has 0 saturated heterocycles. The van der Waals surface area contributed by atoms with Crippen molar-refractivity contribution in [1.29, 1.82) is 0 Å². The van der Waals surface area contributed by atoms with Crippen LogP contribution in [0.5, 0.6) is 0 Å². The Kier molecular flexibility index (Phi) is 3.22. The molecule has 0 saturated carbocycles. The van der Waals surface area contributed by atoms with Crippen molar-refractivity contribution in [2.75, 3.05) is 6.26 Å². The van der Waals surface area contributed by atoms with E-state index in [4.69, 9.17) is 0 Å². The summed E-state index contributed by atoms with van der Waals surface area (Å²) < 4.78 is 56.1. The van der Waals surface area contributed by atoms with Crippen molar-refractivity contribution in [3.05, 3.63) is 22.7 Å². The number of sulfone groups is 1. The molecule has 0 spiro atoms. The zero-order valence-corrected chi connectivity index (χ0v) is 10.7. The molecular formula is C7H6BrFO4S2. The van der Waals surface area contributed by atoms with Crippen molar-refractivity contribution < 1.29 is 20.7 Å². The second-order valence-corrected chi connectivity index (χ2v) is 6.99. The fraction of sp³-hybridized carbons (Fsp3) is 0.143. The van der Waals surface area contributed by atoms with Gasteiger partial charge in [0.15, 0.2) is 9.84 Å². The zero-order valence-electron chi connectivity index (χ0n) is 7.44. The SMILES string of the molecule is CS(=O)(=O)c1ccc(Br)c(S(=O)(=O)F)c1. The average Bonchev–Trinajstić information content (AvgIpc) is 2.00. The molecule has 0 radical (unpaired) electrons. The number of hydrogen-bond acceptors (Lipinski definition) is 4. The van der Waals surface area contributed by atoms with Crippen LogP contribution in [0, 0.1) is 0 Å². The Hall–Kier alpha value is -0.470. The van der Waals surface area contributed by atoms with E-state index in [-0.39, 0.29) is 9.37 Å². The van der Waals surface area contributed by atoms with E-state index in [2.05, 4.69) is 15.9 Å². The maximum Gasteiger partial charge on any atom is 0.333 e.